The molecule has 0 aliphatic carbocycles. The lowest BCUT2D eigenvalue weighted by Gasteiger charge is -2.23. The third-order valence-corrected chi connectivity index (χ3v) is 5.03. The van der Waals surface area contributed by atoms with Gasteiger partial charge in [-0.1, -0.05) is 41.5 Å². The van der Waals surface area contributed by atoms with Crippen LogP contribution in [0.15, 0.2) is 66.1 Å². The van der Waals surface area contributed by atoms with Crippen LogP contribution < -0.4 is 4.31 Å². The number of nitrogens with zero attached hydrogens (tertiary/aromatic N) is 1. The molecule has 0 aromatic heterocycles. The highest BCUT2D eigenvalue weighted by atomic mass is 32.2. The predicted molar refractivity (Wildman–Crippen MR) is 87.1 cm³/mol. The van der Waals surface area contributed by atoms with Gasteiger partial charge >= 0.3 is 0 Å². The van der Waals surface area contributed by atoms with Gasteiger partial charge in [-0.25, -0.2) is 8.42 Å². The molecule has 2 aromatic carbocycles. The van der Waals surface area contributed by atoms with Gasteiger partial charge in [0.05, 0.1) is 17.1 Å². The summed E-state index contributed by atoms with van der Waals surface area (Å²) >= 11 is 0. The average molecular weight is 301 g/mol. The summed E-state index contributed by atoms with van der Waals surface area (Å²) in [6.45, 7) is 7.79. The third kappa shape index (κ3) is 3.34. The third-order valence-electron chi connectivity index (χ3n) is 3.23. The first-order chi connectivity index (χ1) is 9.95. The Labute approximate surface area is 126 Å². The Morgan fingerprint density at radius 2 is 1.43 bits per heavy atom. The first kappa shape index (κ1) is 15.3. The van der Waals surface area contributed by atoms with E-state index in [4.69, 9.17) is 0 Å². The zero-order valence-electron chi connectivity index (χ0n) is 12.3. The van der Waals surface area contributed by atoms with E-state index in [9.17, 15) is 8.42 Å². The van der Waals surface area contributed by atoms with Gasteiger partial charge < -0.3 is 0 Å². The number of aryl methyl sites for hydroxylation is 2. The fraction of sp³-hybridized carbons (Fsp3) is 0.176. The smallest absolute Gasteiger partial charge is 0.263 e. The summed E-state index contributed by atoms with van der Waals surface area (Å²) < 4.78 is 27.0. The van der Waals surface area contributed by atoms with Crippen LogP contribution in [0, 0.1) is 13.8 Å². The molecule has 4 heteroatoms. The van der Waals surface area contributed by atoms with Gasteiger partial charge in [-0.2, -0.15) is 0 Å². The van der Waals surface area contributed by atoms with Crippen LogP contribution in [0.5, 0.6) is 0 Å². The van der Waals surface area contributed by atoms with Crippen molar-refractivity contribution in [1.82, 2.24) is 0 Å². The average Bonchev–Trinajstić information content (AvgIpc) is 2.46. The standard InChI is InChI=1S/C17H19NO2S/c1-4-13-18(16-9-5-14(2)6-10-16)21(19,20)17-11-7-15(3)8-12-17/h4-12H,1,13H2,2-3H3. The monoisotopic (exact) mass is 301 g/mol. The number of anilines is 1. The minimum absolute atomic E-state index is 0.235. The molecule has 0 heterocycles. The summed E-state index contributed by atoms with van der Waals surface area (Å²) in [7, 11) is -3.58. The lowest BCUT2D eigenvalue weighted by Crippen LogP contribution is -2.31. The highest BCUT2D eigenvalue weighted by molar-refractivity contribution is 7.92. The molecule has 110 valence electrons. The quantitative estimate of drug-likeness (QED) is 0.790. The minimum atomic E-state index is -3.58. The zero-order valence-corrected chi connectivity index (χ0v) is 13.1. The Balaban J connectivity index is 2.47. The van der Waals surface area contributed by atoms with Crippen molar-refractivity contribution in [2.24, 2.45) is 0 Å². The van der Waals surface area contributed by atoms with Gasteiger partial charge in [0.15, 0.2) is 0 Å². The van der Waals surface area contributed by atoms with Gasteiger partial charge in [-0.05, 0) is 38.1 Å². The molecule has 0 aliphatic heterocycles. The summed E-state index contributed by atoms with van der Waals surface area (Å²) in [5.41, 5.74) is 2.76. The molecular formula is C17H19NO2S. The van der Waals surface area contributed by atoms with E-state index in [1.165, 1.54) is 4.31 Å². The molecule has 0 bridgehead atoms. The lowest BCUT2D eigenvalue weighted by molar-refractivity contribution is 0.593. The Kier molecular flexibility index (Phi) is 4.48. The van der Waals surface area contributed by atoms with Crippen LogP contribution in [0.3, 0.4) is 0 Å². The van der Waals surface area contributed by atoms with Gasteiger partial charge in [-0.3, -0.25) is 4.31 Å². The maximum atomic E-state index is 12.8. The Morgan fingerprint density at radius 1 is 0.952 bits per heavy atom. The second kappa shape index (κ2) is 6.14. The van der Waals surface area contributed by atoms with Crippen molar-refractivity contribution in [2.75, 3.05) is 10.8 Å². The van der Waals surface area contributed by atoms with Crippen molar-refractivity contribution in [3.8, 4) is 0 Å². The van der Waals surface area contributed by atoms with Crippen molar-refractivity contribution in [1.29, 1.82) is 0 Å². The molecule has 2 aromatic rings. The SMILES string of the molecule is C=CCN(c1ccc(C)cc1)S(=O)(=O)c1ccc(C)cc1. The number of rotatable bonds is 5. The van der Waals surface area contributed by atoms with Crippen LogP contribution in [-0.2, 0) is 10.0 Å². The second-order valence-electron chi connectivity index (χ2n) is 4.97. The van der Waals surface area contributed by atoms with E-state index >= 15 is 0 Å². The van der Waals surface area contributed by atoms with E-state index in [0.717, 1.165) is 11.1 Å². The van der Waals surface area contributed by atoms with E-state index < -0.39 is 10.0 Å². The summed E-state index contributed by atoms with van der Waals surface area (Å²) in [6.07, 6.45) is 1.59. The summed E-state index contributed by atoms with van der Waals surface area (Å²) in [5, 5.41) is 0. The molecule has 3 nitrogen and oxygen atoms in total. The van der Waals surface area contributed by atoms with Crippen LogP contribution in [0.4, 0.5) is 5.69 Å². The van der Waals surface area contributed by atoms with Crippen molar-refractivity contribution in [2.45, 2.75) is 18.7 Å². The van der Waals surface area contributed by atoms with E-state index in [0.29, 0.717) is 5.69 Å². The highest BCUT2D eigenvalue weighted by Crippen LogP contribution is 2.24. The minimum Gasteiger partial charge on any atom is -0.263 e. The molecule has 0 radical (unpaired) electrons. The first-order valence-electron chi connectivity index (χ1n) is 6.72. The Bertz CT molecular complexity index is 716. The van der Waals surface area contributed by atoms with E-state index in [1.54, 1.807) is 30.3 Å². The van der Waals surface area contributed by atoms with Crippen LogP contribution >= 0.6 is 0 Å². The van der Waals surface area contributed by atoms with Gasteiger partial charge in [0.1, 0.15) is 0 Å². The highest BCUT2D eigenvalue weighted by Gasteiger charge is 2.23. The molecule has 0 spiro atoms. The van der Waals surface area contributed by atoms with E-state index in [2.05, 4.69) is 6.58 Å². The van der Waals surface area contributed by atoms with Crippen molar-refractivity contribution in [3.05, 3.63) is 72.3 Å². The van der Waals surface area contributed by atoms with Gasteiger partial charge in [0.2, 0.25) is 0 Å². The van der Waals surface area contributed by atoms with Crippen molar-refractivity contribution in [3.63, 3.8) is 0 Å². The Morgan fingerprint density at radius 3 is 1.90 bits per heavy atom. The van der Waals surface area contributed by atoms with Crippen LogP contribution in [0.25, 0.3) is 0 Å². The molecule has 0 amide bonds. The maximum Gasteiger partial charge on any atom is 0.264 e. The van der Waals surface area contributed by atoms with Gasteiger partial charge in [-0.15, -0.1) is 6.58 Å². The van der Waals surface area contributed by atoms with Gasteiger partial charge in [0, 0.05) is 0 Å². The zero-order chi connectivity index (χ0) is 15.5. The number of hydrogen-bond donors (Lipinski definition) is 0. The lowest BCUT2D eigenvalue weighted by atomic mass is 10.2. The van der Waals surface area contributed by atoms with Crippen molar-refractivity contribution >= 4 is 15.7 Å². The largest absolute Gasteiger partial charge is 0.264 e. The number of hydrogen-bond acceptors (Lipinski definition) is 2. The normalized spacial score (nSPS) is 11.1. The molecule has 0 aliphatic rings. The molecule has 21 heavy (non-hydrogen) atoms. The first-order valence-corrected chi connectivity index (χ1v) is 8.16. The number of benzene rings is 2. The Hall–Kier alpha value is -2.07. The summed E-state index contributed by atoms with van der Waals surface area (Å²) in [5.74, 6) is 0. The fourth-order valence-electron chi connectivity index (χ4n) is 2.01. The van der Waals surface area contributed by atoms with Crippen molar-refractivity contribution < 1.29 is 8.42 Å². The van der Waals surface area contributed by atoms with Gasteiger partial charge in [0.25, 0.3) is 10.0 Å². The number of sulfonamides is 1. The van der Waals surface area contributed by atoms with E-state index in [1.807, 2.05) is 38.1 Å². The van der Waals surface area contributed by atoms with E-state index in [-0.39, 0.29) is 11.4 Å². The maximum absolute atomic E-state index is 12.8. The predicted octanol–water partition coefficient (Wildman–Crippen LogP) is 3.68. The molecule has 0 unspecified atom stereocenters. The molecule has 0 fully saturated rings. The molecule has 0 N–H and O–H groups in total. The van der Waals surface area contributed by atoms with Crippen LogP contribution in [0.1, 0.15) is 11.1 Å². The van der Waals surface area contributed by atoms with Crippen LogP contribution in [0.2, 0.25) is 0 Å². The topological polar surface area (TPSA) is 37.4 Å². The molecule has 0 atom stereocenters. The molecular weight excluding hydrogens is 282 g/mol. The summed E-state index contributed by atoms with van der Waals surface area (Å²) in [6, 6.07) is 14.3. The molecule has 0 saturated heterocycles. The molecule has 2 rings (SSSR count). The summed E-state index contributed by atoms with van der Waals surface area (Å²) in [4.78, 5) is 0.288. The molecule has 0 saturated carbocycles. The van der Waals surface area contributed by atoms with Crippen LogP contribution in [-0.4, -0.2) is 15.0 Å². The second-order valence-corrected chi connectivity index (χ2v) is 6.84. The fourth-order valence-corrected chi connectivity index (χ4v) is 3.44.